The van der Waals surface area contributed by atoms with Gasteiger partial charge in [0.25, 0.3) is 0 Å². The summed E-state index contributed by atoms with van der Waals surface area (Å²) in [5, 5.41) is 36.3. The van der Waals surface area contributed by atoms with Gasteiger partial charge in [0.15, 0.2) is 5.82 Å². The summed E-state index contributed by atoms with van der Waals surface area (Å²) in [5.41, 5.74) is -0.171. The number of carbonyl (C=O) groups is 2. The number of hydrogen-bond donors (Lipinski definition) is 5. The monoisotopic (exact) mass is 292 g/mol. The van der Waals surface area contributed by atoms with E-state index in [0.29, 0.717) is 0 Å². The number of benzene rings is 1. The molecule has 21 heavy (non-hydrogen) atoms. The average Bonchev–Trinajstić information content (AvgIpc) is 2.94. The van der Waals surface area contributed by atoms with Crippen LogP contribution in [0.1, 0.15) is 29.1 Å². The molecule has 0 aliphatic rings. The smallest absolute Gasteiger partial charge is 0.337 e. The average molecular weight is 292 g/mol. The second kappa shape index (κ2) is 5.86. The molecule has 2 amide bonds. The van der Waals surface area contributed by atoms with Crippen LogP contribution in [0.2, 0.25) is 0 Å². The van der Waals surface area contributed by atoms with E-state index in [4.69, 9.17) is 5.11 Å². The SMILES string of the molecule is CC(NC(=O)Nc1ccc(O)cc1C(=O)O)c1nn[nH]n1. The van der Waals surface area contributed by atoms with Gasteiger partial charge < -0.3 is 20.8 Å². The first-order valence-electron chi connectivity index (χ1n) is 5.84. The Bertz CT molecular complexity index is 657. The highest BCUT2D eigenvalue weighted by Gasteiger charge is 2.16. The molecule has 0 radical (unpaired) electrons. The third kappa shape index (κ3) is 3.43. The number of urea groups is 1. The molecule has 0 aliphatic heterocycles. The van der Waals surface area contributed by atoms with Crippen molar-refractivity contribution < 1.29 is 19.8 Å². The molecule has 1 unspecified atom stereocenters. The van der Waals surface area contributed by atoms with Gasteiger partial charge in [-0.1, -0.05) is 5.21 Å². The molecule has 1 aromatic heterocycles. The Hall–Kier alpha value is -3.17. The summed E-state index contributed by atoms with van der Waals surface area (Å²) >= 11 is 0. The van der Waals surface area contributed by atoms with Crippen LogP contribution in [0.4, 0.5) is 10.5 Å². The van der Waals surface area contributed by atoms with E-state index in [9.17, 15) is 14.7 Å². The molecule has 1 heterocycles. The van der Waals surface area contributed by atoms with Crippen molar-refractivity contribution in [1.29, 1.82) is 0 Å². The zero-order valence-corrected chi connectivity index (χ0v) is 10.9. The first-order chi connectivity index (χ1) is 9.97. The molecular formula is C11H12N6O4. The quantitative estimate of drug-likeness (QED) is 0.514. The van der Waals surface area contributed by atoms with E-state index < -0.39 is 18.0 Å². The minimum atomic E-state index is -1.27. The van der Waals surface area contributed by atoms with E-state index in [1.165, 1.54) is 12.1 Å². The minimum absolute atomic E-state index is 0.0538. The van der Waals surface area contributed by atoms with Crippen LogP contribution in [-0.2, 0) is 0 Å². The third-order valence-electron chi connectivity index (χ3n) is 2.58. The number of rotatable bonds is 4. The minimum Gasteiger partial charge on any atom is -0.508 e. The lowest BCUT2D eigenvalue weighted by atomic mass is 10.1. The Morgan fingerprint density at radius 2 is 2.14 bits per heavy atom. The van der Waals surface area contributed by atoms with Crippen LogP contribution in [0.15, 0.2) is 18.2 Å². The standard InChI is InChI=1S/C11H12N6O4/c1-5(9-14-16-17-15-9)12-11(21)13-8-3-2-6(18)4-7(8)10(19)20/h2-5,18H,1H3,(H,19,20)(H2,12,13,21)(H,14,15,16,17). The van der Waals surface area contributed by atoms with Crippen molar-refractivity contribution in [3.8, 4) is 5.75 Å². The lowest BCUT2D eigenvalue weighted by molar-refractivity contribution is 0.0697. The Morgan fingerprint density at radius 3 is 2.76 bits per heavy atom. The van der Waals surface area contributed by atoms with Crippen molar-refractivity contribution in [2.24, 2.45) is 0 Å². The number of aromatic amines is 1. The lowest BCUT2D eigenvalue weighted by Gasteiger charge is -2.13. The highest BCUT2D eigenvalue weighted by molar-refractivity contribution is 6.00. The Morgan fingerprint density at radius 1 is 1.38 bits per heavy atom. The van der Waals surface area contributed by atoms with Crippen molar-refractivity contribution >= 4 is 17.7 Å². The van der Waals surface area contributed by atoms with Gasteiger partial charge in [-0.3, -0.25) is 0 Å². The summed E-state index contributed by atoms with van der Waals surface area (Å²) in [6, 6.07) is 2.44. The second-order valence-corrected chi connectivity index (χ2v) is 4.13. The first-order valence-corrected chi connectivity index (χ1v) is 5.84. The number of carboxylic acids is 1. The van der Waals surface area contributed by atoms with E-state index in [1.807, 2.05) is 0 Å². The van der Waals surface area contributed by atoms with Gasteiger partial charge in [-0.15, -0.1) is 10.2 Å². The first kappa shape index (κ1) is 14.2. The van der Waals surface area contributed by atoms with Crippen LogP contribution in [0, 0.1) is 0 Å². The van der Waals surface area contributed by atoms with E-state index in [2.05, 4.69) is 31.3 Å². The summed E-state index contributed by atoms with van der Waals surface area (Å²) in [4.78, 5) is 22.9. The molecule has 110 valence electrons. The van der Waals surface area contributed by atoms with Crippen LogP contribution in [-0.4, -0.2) is 42.8 Å². The fraction of sp³-hybridized carbons (Fsp3) is 0.182. The Labute approximate surface area is 118 Å². The van der Waals surface area contributed by atoms with Crippen LogP contribution in [0.5, 0.6) is 5.75 Å². The molecule has 1 atom stereocenters. The number of hydrogen-bond acceptors (Lipinski definition) is 6. The number of nitrogens with one attached hydrogen (secondary N) is 3. The number of phenols is 1. The zero-order valence-electron chi connectivity index (χ0n) is 10.9. The van der Waals surface area contributed by atoms with Crippen molar-refractivity contribution in [2.75, 3.05) is 5.32 Å². The molecule has 0 fully saturated rings. The van der Waals surface area contributed by atoms with Gasteiger partial charge >= 0.3 is 12.0 Å². The molecular weight excluding hydrogens is 280 g/mol. The number of tetrazole rings is 1. The molecule has 0 bridgehead atoms. The maximum atomic E-state index is 11.8. The molecule has 0 aliphatic carbocycles. The molecule has 0 saturated heterocycles. The van der Waals surface area contributed by atoms with Gasteiger partial charge in [-0.05, 0) is 25.1 Å². The van der Waals surface area contributed by atoms with Gasteiger partial charge in [-0.25, -0.2) is 9.59 Å². The summed E-state index contributed by atoms with van der Waals surface area (Å²) < 4.78 is 0. The second-order valence-electron chi connectivity index (χ2n) is 4.13. The van der Waals surface area contributed by atoms with Gasteiger partial charge in [0.2, 0.25) is 0 Å². The van der Waals surface area contributed by atoms with E-state index >= 15 is 0 Å². The van der Waals surface area contributed by atoms with Gasteiger partial charge in [0.1, 0.15) is 5.75 Å². The molecule has 0 saturated carbocycles. The highest BCUT2D eigenvalue weighted by atomic mass is 16.4. The van der Waals surface area contributed by atoms with Crippen molar-refractivity contribution in [2.45, 2.75) is 13.0 Å². The fourth-order valence-electron chi connectivity index (χ4n) is 1.59. The number of amides is 2. The fourth-order valence-corrected chi connectivity index (χ4v) is 1.59. The summed E-state index contributed by atoms with van der Waals surface area (Å²) in [7, 11) is 0. The topological polar surface area (TPSA) is 153 Å². The van der Waals surface area contributed by atoms with Gasteiger partial charge in [0, 0.05) is 0 Å². The number of aromatic hydroxyl groups is 1. The van der Waals surface area contributed by atoms with Crippen molar-refractivity contribution in [3.05, 3.63) is 29.6 Å². The number of carboxylic acid groups (broad SMARTS) is 1. The highest BCUT2D eigenvalue weighted by Crippen LogP contribution is 2.21. The van der Waals surface area contributed by atoms with Crippen LogP contribution in [0.3, 0.4) is 0 Å². The maximum Gasteiger partial charge on any atom is 0.337 e. The number of aromatic carboxylic acids is 1. The largest absolute Gasteiger partial charge is 0.508 e. The predicted octanol–water partition coefficient (Wildman–Crippen LogP) is 0.486. The molecule has 1 aromatic carbocycles. The number of anilines is 1. The van der Waals surface area contributed by atoms with Gasteiger partial charge in [-0.2, -0.15) is 5.21 Å². The molecule has 0 spiro atoms. The number of phenolic OH excluding ortho intramolecular Hbond substituents is 1. The predicted molar refractivity (Wildman–Crippen MR) is 69.8 cm³/mol. The molecule has 10 nitrogen and oxygen atoms in total. The summed E-state index contributed by atoms with van der Waals surface area (Å²) in [6.07, 6.45) is 0. The summed E-state index contributed by atoms with van der Waals surface area (Å²) in [5.74, 6) is -1.19. The number of H-pyrrole nitrogens is 1. The molecule has 5 N–H and O–H groups in total. The van der Waals surface area contributed by atoms with Crippen LogP contribution < -0.4 is 10.6 Å². The molecule has 2 rings (SSSR count). The Kier molecular flexibility index (Phi) is 3.97. The van der Waals surface area contributed by atoms with Crippen molar-refractivity contribution in [1.82, 2.24) is 25.9 Å². The lowest BCUT2D eigenvalue weighted by Crippen LogP contribution is -2.32. The van der Waals surface area contributed by atoms with E-state index in [-0.39, 0.29) is 22.8 Å². The number of nitrogens with zero attached hydrogens (tertiary/aromatic N) is 3. The normalized spacial score (nSPS) is 11.7. The van der Waals surface area contributed by atoms with E-state index in [1.54, 1.807) is 6.92 Å². The molecule has 2 aromatic rings. The van der Waals surface area contributed by atoms with Gasteiger partial charge in [0.05, 0.1) is 17.3 Å². The van der Waals surface area contributed by atoms with Crippen LogP contribution in [0.25, 0.3) is 0 Å². The van der Waals surface area contributed by atoms with Crippen LogP contribution >= 0.6 is 0 Å². The third-order valence-corrected chi connectivity index (χ3v) is 2.58. The molecule has 10 heteroatoms. The van der Waals surface area contributed by atoms with E-state index in [0.717, 1.165) is 6.07 Å². The summed E-state index contributed by atoms with van der Waals surface area (Å²) in [6.45, 7) is 1.64. The Balaban J connectivity index is 2.08. The van der Waals surface area contributed by atoms with Crippen molar-refractivity contribution in [3.63, 3.8) is 0 Å². The number of carbonyl (C=O) groups excluding carboxylic acids is 1. The maximum absolute atomic E-state index is 11.8. The number of aromatic nitrogens is 4. The zero-order chi connectivity index (χ0) is 15.4.